The molecular formula is C11H14N2O4S. The first kappa shape index (κ1) is 14.2. The Balaban J connectivity index is 2.50. The lowest BCUT2D eigenvalue weighted by Gasteiger charge is -2.15. The first-order chi connectivity index (χ1) is 8.41. The average molecular weight is 270 g/mol. The van der Waals surface area contributed by atoms with E-state index >= 15 is 0 Å². The van der Waals surface area contributed by atoms with Crippen LogP contribution < -0.4 is 10.6 Å². The van der Waals surface area contributed by atoms with E-state index in [0.29, 0.717) is 4.88 Å². The average Bonchev–Trinajstić information content (AvgIpc) is 2.81. The molecule has 0 radical (unpaired) electrons. The topological polar surface area (TPSA) is 95.5 Å². The van der Waals surface area contributed by atoms with Gasteiger partial charge in [-0.3, -0.25) is 14.4 Å². The van der Waals surface area contributed by atoms with E-state index < -0.39 is 24.0 Å². The Morgan fingerprint density at radius 3 is 2.39 bits per heavy atom. The van der Waals surface area contributed by atoms with Gasteiger partial charge in [-0.25, -0.2) is 0 Å². The van der Waals surface area contributed by atoms with Crippen molar-refractivity contribution in [1.29, 1.82) is 0 Å². The van der Waals surface area contributed by atoms with E-state index in [-0.39, 0.29) is 5.91 Å². The van der Waals surface area contributed by atoms with Crippen molar-refractivity contribution in [3.8, 4) is 0 Å². The lowest BCUT2D eigenvalue weighted by molar-refractivity contribution is -0.141. The van der Waals surface area contributed by atoms with Gasteiger partial charge in [0.2, 0.25) is 5.91 Å². The first-order valence-corrected chi connectivity index (χ1v) is 6.17. The van der Waals surface area contributed by atoms with Crippen LogP contribution in [0, 0.1) is 0 Å². The van der Waals surface area contributed by atoms with Crippen LogP contribution in [0.4, 0.5) is 0 Å². The first-order valence-electron chi connectivity index (χ1n) is 5.29. The Labute approximate surface area is 108 Å². The third-order valence-electron chi connectivity index (χ3n) is 2.22. The third kappa shape index (κ3) is 3.85. The highest BCUT2D eigenvalue weighted by molar-refractivity contribution is 7.12. The number of hydrogen-bond donors (Lipinski definition) is 3. The van der Waals surface area contributed by atoms with Crippen LogP contribution in [0.15, 0.2) is 17.5 Å². The summed E-state index contributed by atoms with van der Waals surface area (Å²) in [7, 11) is 0. The molecular weight excluding hydrogens is 256 g/mol. The second-order valence-corrected chi connectivity index (χ2v) is 4.69. The van der Waals surface area contributed by atoms with Crippen molar-refractivity contribution < 1.29 is 19.5 Å². The Morgan fingerprint density at radius 1 is 1.22 bits per heavy atom. The molecule has 1 heterocycles. The monoisotopic (exact) mass is 270 g/mol. The highest BCUT2D eigenvalue weighted by Crippen LogP contribution is 2.08. The zero-order valence-electron chi connectivity index (χ0n) is 9.97. The number of carboxylic acid groups (broad SMARTS) is 1. The van der Waals surface area contributed by atoms with Gasteiger partial charge in [0, 0.05) is 0 Å². The van der Waals surface area contributed by atoms with Gasteiger partial charge in [-0.1, -0.05) is 6.07 Å². The zero-order valence-corrected chi connectivity index (χ0v) is 10.8. The van der Waals surface area contributed by atoms with Crippen molar-refractivity contribution in [2.75, 3.05) is 0 Å². The van der Waals surface area contributed by atoms with Crippen molar-refractivity contribution in [2.24, 2.45) is 0 Å². The van der Waals surface area contributed by atoms with E-state index in [4.69, 9.17) is 5.11 Å². The van der Waals surface area contributed by atoms with Gasteiger partial charge in [0.05, 0.1) is 4.88 Å². The highest BCUT2D eigenvalue weighted by Gasteiger charge is 2.20. The Bertz CT molecular complexity index is 444. The third-order valence-corrected chi connectivity index (χ3v) is 3.08. The number of aliphatic carboxylic acids is 1. The number of nitrogens with one attached hydrogen (secondary N) is 2. The maximum Gasteiger partial charge on any atom is 0.325 e. The van der Waals surface area contributed by atoms with E-state index in [9.17, 15) is 14.4 Å². The molecule has 1 rings (SSSR count). The molecule has 18 heavy (non-hydrogen) atoms. The van der Waals surface area contributed by atoms with Crippen LogP contribution in [0.2, 0.25) is 0 Å². The van der Waals surface area contributed by atoms with Gasteiger partial charge < -0.3 is 15.7 Å². The molecule has 0 aliphatic heterocycles. The normalized spacial score (nSPS) is 13.4. The maximum absolute atomic E-state index is 11.6. The Hall–Kier alpha value is -1.89. The summed E-state index contributed by atoms with van der Waals surface area (Å²) in [6.45, 7) is 2.85. The minimum absolute atomic E-state index is 0.351. The summed E-state index contributed by atoms with van der Waals surface area (Å²) in [5, 5.41) is 15.2. The van der Waals surface area contributed by atoms with Crippen LogP contribution in [0.3, 0.4) is 0 Å². The minimum Gasteiger partial charge on any atom is -0.480 e. The molecule has 0 spiro atoms. The molecule has 0 fully saturated rings. The van der Waals surface area contributed by atoms with Crippen LogP contribution in [0.25, 0.3) is 0 Å². The van der Waals surface area contributed by atoms with Gasteiger partial charge in [-0.2, -0.15) is 0 Å². The van der Waals surface area contributed by atoms with Gasteiger partial charge >= 0.3 is 5.97 Å². The summed E-state index contributed by atoms with van der Waals surface area (Å²) >= 11 is 1.27. The molecule has 0 aromatic carbocycles. The van der Waals surface area contributed by atoms with Crippen molar-refractivity contribution in [2.45, 2.75) is 25.9 Å². The second kappa shape index (κ2) is 6.15. The van der Waals surface area contributed by atoms with E-state index in [2.05, 4.69) is 10.6 Å². The smallest absolute Gasteiger partial charge is 0.325 e. The highest BCUT2D eigenvalue weighted by atomic mass is 32.1. The van der Waals surface area contributed by atoms with Crippen molar-refractivity contribution in [3.05, 3.63) is 22.4 Å². The number of carbonyl (C=O) groups is 3. The van der Waals surface area contributed by atoms with E-state index in [1.54, 1.807) is 17.5 Å². The van der Waals surface area contributed by atoms with E-state index in [1.165, 1.54) is 25.2 Å². The lowest BCUT2D eigenvalue weighted by Crippen LogP contribution is -2.49. The summed E-state index contributed by atoms with van der Waals surface area (Å²) in [6, 6.07) is 1.60. The fourth-order valence-corrected chi connectivity index (χ4v) is 1.77. The molecule has 6 nitrogen and oxygen atoms in total. The van der Waals surface area contributed by atoms with Gasteiger partial charge in [0.25, 0.3) is 5.91 Å². The summed E-state index contributed by atoms with van der Waals surface area (Å²) < 4.78 is 0. The van der Waals surface area contributed by atoms with Crippen molar-refractivity contribution >= 4 is 29.1 Å². The predicted octanol–water partition coefficient (Wildman–Crippen LogP) is 0.456. The van der Waals surface area contributed by atoms with Crippen LogP contribution in [-0.4, -0.2) is 35.0 Å². The molecule has 2 unspecified atom stereocenters. The standard InChI is InChI=1S/C11H14N2O4S/c1-6(9(14)13-7(2)11(16)17)12-10(15)8-4-3-5-18-8/h3-7H,1-2H3,(H,12,15)(H,13,14)(H,16,17). The largest absolute Gasteiger partial charge is 0.480 e. The Kier molecular flexibility index (Phi) is 4.85. The molecule has 0 aliphatic carbocycles. The summed E-state index contributed by atoms with van der Waals surface area (Å²) in [5.74, 6) is -2.01. The maximum atomic E-state index is 11.6. The summed E-state index contributed by atoms with van der Waals surface area (Å²) in [5.41, 5.74) is 0. The predicted molar refractivity (Wildman–Crippen MR) is 66.5 cm³/mol. The molecule has 98 valence electrons. The molecule has 3 N–H and O–H groups in total. The van der Waals surface area contributed by atoms with Crippen molar-refractivity contribution in [3.63, 3.8) is 0 Å². The van der Waals surface area contributed by atoms with Crippen molar-refractivity contribution in [1.82, 2.24) is 10.6 Å². The Morgan fingerprint density at radius 2 is 1.89 bits per heavy atom. The van der Waals surface area contributed by atoms with Gasteiger partial charge in [0.1, 0.15) is 12.1 Å². The molecule has 0 saturated heterocycles. The van der Waals surface area contributed by atoms with Crippen LogP contribution in [-0.2, 0) is 9.59 Å². The van der Waals surface area contributed by atoms with Gasteiger partial charge in [0.15, 0.2) is 0 Å². The number of carboxylic acids is 1. The number of rotatable bonds is 5. The van der Waals surface area contributed by atoms with E-state index in [0.717, 1.165) is 0 Å². The number of amides is 2. The number of hydrogen-bond acceptors (Lipinski definition) is 4. The van der Waals surface area contributed by atoms with Gasteiger partial charge in [-0.15, -0.1) is 11.3 Å². The quantitative estimate of drug-likeness (QED) is 0.724. The molecule has 1 aromatic heterocycles. The molecule has 0 saturated carbocycles. The molecule has 0 bridgehead atoms. The van der Waals surface area contributed by atoms with Gasteiger partial charge in [-0.05, 0) is 25.3 Å². The SMILES string of the molecule is CC(NC(=O)C(C)NC(=O)c1cccs1)C(=O)O. The van der Waals surface area contributed by atoms with Crippen LogP contribution in [0.5, 0.6) is 0 Å². The molecule has 0 aliphatic rings. The summed E-state index contributed by atoms with van der Waals surface area (Å²) in [6.07, 6.45) is 0. The molecule has 7 heteroatoms. The number of thiophene rings is 1. The van der Waals surface area contributed by atoms with Crippen LogP contribution >= 0.6 is 11.3 Å². The second-order valence-electron chi connectivity index (χ2n) is 3.74. The molecule has 2 amide bonds. The lowest BCUT2D eigenvalue weighted by atomic mass is 10.2. The minimum atomic E-state index is -1.12. The van der Waals surface area contributed by atoms with Crippen LogP contribution in [0.1, 0.15) is 23.5 Å². The fourth-order valence-electron chi connectivity index (χ4n) is 1.14. The summed E-state index contributed by atoms with van der Waals surface area (Å²) in [4.78, 5) is 34.3. The molecule has 2 atom stereocenters. The fraction of sp³-hybridized carbons (Fsp3) is 0.364. The van der Waals surface area contributed by atoms with E-state index in [1.807, 2.05) is 0 Å². The zero-order chi connectivity index (χ0) is 13.7. The number of carbonyl (C=O) groups excluding carboxylic acids is 2. The molecule has 1 aromatic rings.